The molecule has 1 aliphatic carbocycles. The van der Waals surface area contributed by atoms with Gasteiger partial charge in [-0.1, -0.05) is 146 Å². The maximum Gasteiger partial charge on any atom is 0.137 e. The Labute approximate surface area is 267 Å². The first-order chi connectivity index (χ1) is 22.8. The van der Waals surface area contributed by atoms with Crippen LogP contribution < -0.4 is 4.74 Å². The van der Waals surface area contributed by atoms with Gasteiger partial charge in [-0.15, -0.1) is 0 Å². The molecule has 0 saturated carbocycles. The highest BCUT2D eigenvalue weighted by atomic mass is 16.5. The second-order valence-corrected chi connectivity index (χ2v) is 12.4. The fourth-order valence-electron chi connectivity index (χ4n) is 7.98. The number of hydrogen-bond acceptors (Lipinski definition) is 1. The minimum absolute atomic E-state index is 0.0523. The summed E-state index contributed by atoms with van der Waals surface area (Å²) in [5.74, 6) is 1.20. The van der Waals surface area contributed by atoms with Crippen molar-refractivity contribution in [3.8, 4) is 33.7 Å². The van der Waals surface area contributed by atoms with E-state index in [1.165, 1.54) is 77.2 Å². The van der Waals surface area contributed by atoms with Crippen LogP contribution in [0.15, 0.2) is 158 Å². The smallest absolute Gasteiger partial charge is 0.137 e. The average molecular weight is 588 g/mol. The van der Waals surface area contributed by atoms with Crippen molar-refractivity contribution in [3.63, 3.8) is 0 Å². The summed E-state index contributed by atoms with van der Waals surface area (Å²) in [6.07, 6.45) is 4.63. The maximum absolute atomic E-state index is 6.72. The number of ether oxygens (including phenoxy) is 1. The van der Waals surface area contributed by atoms with Crippen LogP contribution in [-0.2, 0) is 0 Å². The summed E-state index contributed by atoms with van der Waals surface area (Å²) < 4.78 is 9.22. The summed E-state index contributed by atoms with van der Waals surface area (Å²) in [6, 6.07) is 54.8. The van der Waals surface area contributed by atoms with Gasteiger partial charge in [0.1, 0.15) is 11.9 Å². The molecule has 0 bridgehead atoms. The van der Waals surface area contributed by atoms with Gasteiger partial charge in [0.25, 0.3) is 0 Å². The molecule has 2 atom stereocenters. The van der Waals surface area contributed by atoms with E-state index in [4.69, 9.17) is 4.74 Å². The zero-order chi connectivity index (χ0) is 30.2. The third-order valence-corrected chi connectivity index (χ3v) is 9.96. The van der Waals surface area contributed by atoms with Crippen LogP contribution in [-0.4, -0.2) is 4.57 Å². The quantitative estimate of drug-likeness (QED) is 0.188. The molecular weight excluding hydrogens is 558 g/mol. The van der Waals surface area contributed by atoms with Crippen LogP contribution in [0.5, 0.6) is 5.75 Å². The normalized spacial score (nSPS) is 16.3. The second kappa shape index (κ2) is 9.82. The minimum Gasteiger partial charge on any atom is -0.484 e. The molecule has 2 heterocycles. The molecule has 0 spiro atoms. The summed E-state index contributed by atoms with van der Waals surface area (Å²) in [6.45, 7) is 0. The van der Waals surface area contributed by atoms with Crippen molar-refractivity contribution in [2.24, 2.45) is 0 Å². The van der Waals surface area contributed by atoms with Gasteiger partial charge in [0.05, 0.1) is 16.9 Å². The highest BCUT2D eigenvalue weighted by Gasteiger charge is 2.40. The maximum atomic E-state index is 6.72. The molecule has 0 saturated heterocycles. The van der Waals surface area contributed by atoms with E-state index in [-0.39, 0.29) is 12.0 Å². The predicted octanol–water partition coefficient (Wildman–Crippen LogP) is 11.5. The third-order valence-electron chi connectivity index (χ3n) is 9.96. The van der Waals surface area contributed by atoms with Crippen molar-refractivity contribution < 1.29 is 4.74 Å². The fraction of sp³-hybridized carbons (Fsp3) is 0.0455. The first-order valence-corrected chi connectivity index (χ1v) is 16.0. The van der Waals surface area contributed by atoms with Gasteiger partial charge in [-0.25, -0.2) is 0 Å². The summed E-state index contributed by atoms with van der Waals surface area (Å²) in [5, 5.41) is 6.21. The van der Waals surface area contributed by atoms with E-state index in [9.17, 15) is 0 Å². The van der Waals surface area contributed by atoms with E-state index in [1.54, 1.807) is 0 Å². The standard InChI is InChI=1S/C44H29NO/c1-2-12-28(13-3-1)29-22-24-30(25-23-29)41-32-15-4-6-17-34(32)43(35-18-7-5-16-33(35)41)45-38-20-10-8-19-37(38)42-39(45)27-26-36-31-14-9-11-21-40(31)46-44(36)42/h1-27,36,44H. The lowest BCUT2D eigenvalue weighted by Gasteiger charge is -2.24. The Morgan fingerprint density at radius 1 is 0.478 bits per heavy atom. The number of fused-ring (bicyclic) bond motifs is 9. The van der Waals surface area contributed by atoms with Crippen LogP contribution in [0.3, 0.4) is 0 Å². The van der Waals surface area contributed by atoms with Crippen LogP contribution in [0.2, 0.25) is 0 Å². The van der Waals surface area contributed by atoms with E-state index >= 15 is 0 Å². The molecule has 0 amide bonds. The van der Waals surface area contributed by atoms with Crippen molar-refractivity contribution in [3.05, 3.63) is 175 Å². The Balaban J connectivity index is 1.25. The zero-order valence-corrected chi connectivity index (χ0v) is 25.1. The van der Waals surface area contributed by atoms with Gasteiger partial charge in [0, 0.05) is 33.2 Å². The van der Waals surface area contributed by atoms with Gasteiger partial charge >= 0.3 is 0 Å². The Morgan fingerprint density at radius 2 is 1.04 bits per heavy atom. The fourth-order valence-corrected chi connectivity index (χ4v) is 7.98. The molecule has 1 aliphatic heterocycles. The summed E-state index contributed by atoms with van der Waals surface area (Å²) in [7, 11) is 0. The van der Waals surface area contributed by atoms with Crippen LogP contribution in [0.25, 0.3) is 66.5 Å². The molecule has 2 aliphatic rings. The van der Waals surface area contributed by atoms with Gasteiger partial charge in [-0.05, 0) is 51.2 Å². The molecule has 216 valence electrons. The molecule has 8 aromatic rings. The zero-order valence-electron chi connectivity index (χ0n) is 25.1. The monoisotopic (exact) mass is 587 g/mol. The van der Waals surface area contributed by atoms with Crippen molar-refractivity contribution >= 4 is 38.5 Å². The average Bonchev–Trinajstić information content (AvgIpc) is 3.67. The number of hydrogen-bond donors (Lipinski definition) is 0. The SMILES string of the molecule is C1=CC2c3ccccc3OC2c2c1n(-c1c3ccccc3c(-c3ccc(-c4ccccc4)cc3)c3ccccc13)c1ccccc21. The van der Waals surface area contributed by atoms with Crippen molar-refractivity contribution in [2.45, 2.75) is 12.0 Å². The topological polar surface area (TPSA) is 14.2 Å². The Hall–Kier alpha value is -5.86. The van der Waals surface area contributed by atoms with E-state index in [1.807, 2.05) is 0 Å². The number of para-hydroxylation sites is 2. The lowest BCUT2D eigenvalue weighted by Crippen LogP contribution is -2.13. The van der Waals surface area contributed by atoms with E-state index in [0.717, 1.165) is 5.75 Å². The predicted molar refractivity (Wildman–Crippen MR) is 191 cm³/mol. The van der Waals surface area contributed by atoms with Gasteiger partial charge in [-0.2, -0.15) is 0 Å². The molecule has 1 aromatic heterocycles. The van der Waals surface area contributed by atoms with E-state index in [2.05, 4.69) is 168 Å². The first-order valence-electron chi connectivity index (χ1n) is 16.0. The van der Waals surface area contributed by atoms with Crippen LogP contribution in [0.4, 0.5) is 0 Å². The third kappa shape index (κ3) is 3.59. The Kier molecular flexibility index (Phi) is 5.44. The number of benzene rings is 7. The van der Waals surface area contributed by atoms with Crippen molar-refractivity contribution in [2.75, 3.05) is 0 Å². The highest BCUT2D eigenvalue weighted by molar-refractivity contribution is 6.19. The molecule has 7 aromatic carbocycles. The minimum atomic E-state index is -0.0523. The summed E-state index contributed by atoms with van der Waals surface area (Å²) >= 11 is 0. The lowest BCUT2D eigenvalue weighted by molar-refractivity contribution is 0.224. The molecule has 2 heteroatoms. The van der Waals surface area contributed by atoms with Crippen LogP contribution in [0, 0.1) is 0 Å². The molecule has 0 radical (unpaired) electrons. The molecule has 46 heavy (non-hydrogen) atoms. The molecule has 10 rings (SSSR count). The number of nitrogens with zero attached hydrogens (tertiary/aromatic N) is 1. The van der Waals surface area contributed by atoms with Crippen LogP contribution >= 0.6 is 0 Å². The van der Waals surface area contributed by atoms with Gasteiger partial charge in [0.2, 0.25) is 0 Å². The number of rotatable bonds is 3. The van der Waals surface area contributed by atoms with E-state index in [0.29, 0.717) is 0 Å². The number of aromatic nitrogens is 1. The molecule has 0 N–H and O–H groups in total. The van der Waals surface area contributed by atoms with Crippen molar-refractivity contribution in [1.82, 2.24) is 4.57 Å². The molecular formula is C44H29NO. The second-order valence-electron chi connectivity index (χ2n) is 12.4. The van der Waals surface area contributed by atoms with E-state index < -0.39 is 0 Å². The Morgan fingerprint density at radius 3 is 1.78 bits per heavy atom. The molecule has 2 nitrogen and oxygen atoms in total. The largest absolute Gasteiger partial charge is 0.484 e. The molecule has 2 unspecified atom stereocenters. The highest BCUT2D eigenvalue weighted by Crippen LogP contribution is 2.53. The van der Waals surface area contributed by atoms with Gasteiger partial charge in [-0.3, -0.25) is 0 Å². The first kappa shape index (κ1) is 25.5. The van der Waals surface area contributed by atoms with Gasteiger partial charge < -0.3 is 9.30 Å². The van der Waals surface area contributed by atoms with Gasteiger partial charge in [0.15, 0.2) is 0 Å². The summed E-state index contributed by atoms with van der Waals surface area (Å²) in [5.41, 5.74) is 11.1. The van der Waals surface area contributed by atoms with Crippen LogP contribution in [0.1, 0.15) is 28.8 Å². The van der Waals surface area contributed by atoms with Crippen molar-refractivity contribution in [1.29, 1.82) is 0 Å². The summed E-state index contributed by atoms with van der Waals surface area (Å²) in [4.78, 5) is 0. The molecule has 0 fully saturated rings. The lowest BCUT2D eigenvalue weighted by atomic mass is 9.85. The Bertz CT molecular complexity index is 2440.